The number of anilines is 1. The number of pyridine rings is 1. The molecule has 0 unspecified atom stereocenters. The van der Waals surface area contributed by atoms with Gasteiger partial charge in [-0.3, -0.25) is 4.18 Å². The number of halogens is 2. The fraction of sp³-hybridized carbons (Fsp3) is 0.261. The van der Waals surface area contributed by atoms with Gasteiger partial charge in [0.1, 0.15) is 0 Å². The van der Waals surface area contributed by atoms with Crippen molar-refractivity contribution in [3.8, 4) is 0 Å². The van der Waals surface area contributed by atoms with E-state index in [2.05, 4.69) is 9.88 Å². The Morgan fingerprint density at radius 1 is 0.871 bits per heavy atom. The highest BCUT2D eigenvalue weighted by molar-refractivity contribution is 7.86. The van der Waals surface area contributed by atoms with Crippen LogP contribution in [0.4, 0.5) is 5.69 Å². The minimum absolute atomic E-state index is 0.0124. The average Bonchev–Trinajstić information content (AvgIpc) is 2.80. The summed E-state index contributed by atoms with van der Waals surface area (Å²) in [6.45, 7) is 3.29. The van der Waals surface area contributed by atoms with Crippen molar-refractivity contribution in [2.24, 2.45) is 0 Å². The molecule has 3 rings (SSSR count). The number of hydrogen-bond donors (Lipinski definition) is 0. The highest BCUT2D eigenvalue weighted by Crippen LogP contribution is 2.19. The first-order chi connectivity index (χ1) is 15.0. The third-order valence-electron chi connectivity index (χ3n) is 4.31. The largest absolute Gasteiger partial charge is 0.369 e. The van der Waals surface area contributed by atoms with E-state index >= 15 is 0 Å². The fourth-order valence-electron chi connectivity index (χ4n) is 2.64. The second-order valence-corrected chi connectivity index (χ2v) is 9.01. The number of alkyl halides is 2. The van der Waals surface area contributed by atoms with E-state index in [9.17, 15) is 8.42 Å². The first kappa shape index (κ1) is 25.1. The number of hydrogen-bond acceptors (Lipinski definition) is 4. The Bertz CT molecular complexity index is 951. The predicted octanol–water partition coefficient (Wildman–Crippen LogP) is 4.69. The SMILES string of the molecule is Cc1ccc(S(=O)(=O)OCc2ccc(N(CCCl)CCCl)cc2)cc1.c1cc[nH+]cc1. The molecule has 0 saturated heterocycles. The van der Waals surface area contributed by atoms with Gasteiger partial charge in [0.15, 0.2) is 12.4 Å². The van der Waals surface area contributed by atoms with Gasteiger partial charge in [-0.2, -0.15) is 8.42 Å². The van der Waals surface area contributed by atoms with E-state index in [0.29, 0.717) is 24.8 Å². The van der Waals surface area contributed by atoms with Crippen LogP contribution in [0.3, 0.4) is 0 Å². The maximum atomic E-state index is 12.2. The van der Waals surface area contributed by atoms with Gasteiger partial charge in [0.25, 0.3) is 10.1 Å². The van der Waals surface area contributed by atoms with Crippen LogP contribution in [-0.2, 0) is 20.9 Å². The van der Waals surface area contributed by atoms with E-state index in [-0.39, 0.29) is 11.5 Å². The first-order valence-corrected chi connectivity index (χ1v) is 12.3. The molecule has 0 saturated carbocycles. The Morgan fingerprint density at radius 3 is 1.90 bits per heavy atom. The number of aryl methyl sites for hydroxylation is 1. The summed E-state index contributed by atoms with van der Waals surface area (Å²) in [7, 11) is -3.76. The van der Waals surface area contributed by atoms with Crippen LogP contribution in [-0.4, -0.2) is 33.3 Å². The van der Waals surface area contributed by atoms with E-state index in [4.69, 9.17) is 27.4 Å². The van der Waals surface area contributed by atoms with Crippen LogP contribution in [0.5, 0.6) is 0 Å². The minimum atomic E-state index is -3.76. The number of aromatic amines is 1. The van der Waals surface area contributed by atoms with E-state index < -0.39 is 10.1 Å². The molecule has 0 aliphatic rings. The highest BCUT2D eigenvalue weighted by atomic mass is 35.5. The van der Waals surface area contributed by atoms with Gasteiger partial charge in [0.2, 0.25) is 0 Å². The molecule has 0 fully saturated rings. The van der Waals surface area contributed by atoms with Crippen molar-refractivity contribution in [1.82, 2.24) is 0 Å². The van der Waals surface area contributed by atoms with E-state index in [1.54, 1.807) is 24.3 Å². The van der Waals surface area contributed by atoms with Gasteiger partial charge in [0.05, 0.1) is 11.5 Å². The summed E-state index contributed by atoms with van der Waals surface area (Å²) in [6, 6.07) is 19.9. The Hall–Kier alpha value is -2.12. The molecule has 5 nitrogen and oxygen atoms in total. The van der Waals surface area contributed by atoms with Gasteiger partial charge in [-0.15, -0.1) is 23.2 Å². The smallest absolute Gasteiger partial charge is 0.297 e. The standard InChI is InChI=1S/C18H21Cl2NO3S.C5H5N/c1-15-2-8-18(9-3-15)25(22,23)24-14-16-4-6-17(7-5-16)21(12-10-19)13-11-20;1-2-4-6-5-3-1/h2-9H,10-14H2,1H3;1-5H/p+1. The van der Waals surface area contributed by atoms with Gasteiger partial charge in [-0.05, 0) is 36.8 Å². The topological polar surface area (TPSA) is 60.8 Å². The highest BCUT2D eigenvalue weighted by Gasteiger charge is 2.15. The van der Waals surface area contributed by atoms with Crippen LogP contribution in [0.2, 0.25) is 0 Å². The van der Waals surface area contributed by atoms with E-state index in [0.717, 1.165) is 16.8 Å². The molecule has 0 amide bonds. The van der Waals surface area contributed by atoms with Crippen molar-refractivity contribution in [1.29, 1.82) is 0 Å². The van der Waals surface area contributed by atoms with Gasteiger partial charge in [-0.25, -0.2) is 4.98 Å². The summed E-state index contributed by atoms with van der Waals surface area (Å²) in [5.74, 6) is 1.02. The lowest BCUT2D eigenvalue weighted by Crippen LogP contribution is -2.27. The van der Waals surface area contributed by atoms with Crippen molar-refractivity contribution in [2.45, 2.75) is 18.4 Å². The Balaban J connectivity index is 0.000000488. The Labute approximate surface area is 194 Å². The zero-order chi connectivity index (χ0) is 22.5. The second-order valence-electron chi connectivity index (χ2n) is 6.64. The quantitative estimate of drug-likeness (QED) is 0.328. The molecule has 0 bridgehead atoms. The normalized spacial score (nSPS) is 10.8. The van der Waals surface area contributed by atoms with Crippen LogP contribution < -0.4 is 9.88 Å². The summed E-state index contributed by atoms with van der Waals surface area (Å²) in [5, 5.41) is 0. The van der Waals surface area contributed by atoms with Gasteiger partial charge in [0, 0.05) is 42.7 Å². The number of aromatic nitrogens is 1. The lowest BCUT2D eigenvalue weighted by molar-refractivity contribution is -0.377. The number of nitrogens with one attached hydrogen (secondary N) is 1. The molecule has 0 radical (unpaired) electrons. The van der Waals surface area contributed by atoms with Crippen LogP contribution >= 0.6 is 23.2 Å². The lowest BCUT2D eigenvalue weighted by Gasteiger charge is -2.23. The third kappa shape index (κ3) is 8.87. The molecule has 1 aromatic heterocycles. The Morgan fingerprint density at radius 2 is 1.45 bits per heavy atom. The molecule has 3 aromatic rings. The molecule has 0 aliphatic heterocycles. The Kier molecular flexibility index (Phi) is 10.8. The van der Waals surface area contributed by atoms with E-state index in [1.807, 2.05) is 61.8 Å². The number of benzene rings is 2. The van der Waals surface area contributed by atoms with Crippen LogP contribution in [0.25, 0.3) is 0 Å². The summed E-state index contributed by atoms with van der Waals surface area (Å²) < 4.78 is 29.6. The van der Waals surface area contributed by atoms with Crippen molar-refractivity contribution in [3.05, 3.63) is 90.3 Å². The van der Waals surface area contributed by atoms with Crippen LogP contribution in [0.1, 0.15) is 11.1 Å². The van der Waals surface area contributed by atoms with Crippen molar-refractivity contribution < 1.29 is 17.6 Å². The minimum Gasteiger partial charge on any atom is -0.369 e. The van der Waals surface area contributed by atoms with Gasteiger partial charge < -0.3 is 4.90 Å². The second kappa shape index (κ2) is 13.3. The molecule has 8 heteroatoms. The first-order valence-electron chi connectivity index (χ1n) is 9.79. The number of rotatable bonds is 9. The average molecular weight is 482 g/mol. The van der Waals surface area contributed by atoms with E-state index in [1.165, 1.54) is 0 Å². The molecule has 166 valence electrons. The van der Waals surface area contributed by atoms with Crippen LogP contribution in [0, 0.1) is 6.92 Å². The third-order valence-corrected chi connectivity index (χ3v) is 5.92. The summed E-state index contributed by atoms with van der Waals surface area (Å²) in [5.41, 5.74) is 2.76. The molecule has 0 aliphatic carbocycles. The van der Waals surface area contributed by atoms with Crippen LogP contribution in [0.15, 0.2) is 84.0 Å². The zero-order valence-electron chi connectivity index (χ0n) is 17.4. The summed E-state index contributed by atoms with van der Waals surface area (Å²) >= 11 is 11.6. The van der Waals surface area contributed by atoms with Crippen molar-refractivity contribution in [2.75, 3.05) is 29.7 Å². The van der Waals surface area contributed by atoms with Crippen molar-refractivity contribution in [3.63, 3.8) is 0 Å². The van der Waals surface area contributed by atoms with Crippen molar-refractivity contribution >= 4 is 39.0 Å². The molecular formula is C23H27Cl2N2O3S+. The van der Waals surface area contributed by atoms with Gasteiger partial charge in [-0.1, -0.05) is 35.9 Å². The van der Waals surface area contributed by atoms with Gasteiger partial charge >= 0.3 is 0 Å². The predicted molar refractivity (Wildman–Crippen MR) is 126 cm³/mol. The monoisotopic (exact) mass is 481 g/mol. The number of H-pyrrole nitrogens is 1. The summed E-state index contributed by atoms with van der Waals surface area (Å²) in [4.78, 5) is 5.13. The molecular weight excluding hydrogens is 455 g/mol. The molecule has 2 aromatic carbocycles. The molecule has 0 atom stereocenters. The summed E-state index contributed by atoms with van der Waals surface area (Å²) in [6.07, 6.45) is 3.75. The maximum Gasteiger partial charge on any atom is 0.297 e. The maximum absolute atomic E-state index is 12.2. The molecule has 0 spiro atoms. The number of nitrogens with zero attached hydrogens (tertiary/aromatic N) is 1. The zero-order valence-corrected chi connectivity index (χ0v) is 19.7. The lowest BCUT2D eigenvalue weighted by atomic mass is 10.2. The molecule has 1 N–H and O–H groups in total. The molecule has 1 heterocycles. The molecule has 31 heavy (non-hydrogen) atoms. The fourth-order valence-corrected chi connectivity index (χ4v) is 3.94.